The van der Waals surface area contributed by atoms with Crippen molar-refractivity contribution in [2.45, 2.75) is 18.8 Å². The molecule has 0 aliphatic carbocycles. The fourth-order valence-corrected chi connectivity index (χ4v) is 0.998. The Kier molecular flexibility index (Phi) is 2.88. The van der Waals surface area contributed by atoms with E-state index in [0.717, 1.165) is 0 Å². The van der Waals surface area contributed by atoms with Crippen molar-refractivity contribution in [3.05, 3.63) is 0 Å². The molecule has 0 bridgehead atoms. The number of nitrogens with one attached hydrogen (secondary N) is 1. The summed E-state index contributed by atoms with van der Waals surface area (Å²) in [5.41, 5.74) is 0. The molecule has 0 saturated carbocycles. The highest BCUT2D eigenvalue weighted by molar-refractivity contribution is 5.66. The van der Waals surface area contributed by atoms with E-state index in [1.807, 2.05) is 0 Å². The molecule has 5 heteroatoms. The number of aliphatic hydroxyl groups excluding tert-OH is 1. The smallest absolute Gasteiger partial charge is 0.410 e. The van der Waals surface area contributed by atoms with Crippen LogP contribution >= 0.6 is 0 Å². The predicted molar refractivity (Wildman–Crippen MR) is 42.6 cm³/mol. The molecule has 1 amide bonds. The van der Waals surface area contributed by atoms with Gasteiger partial charge in [0.15, 0.2) is 6.23 Å². The van der Waals surface area contributed by atoms with Crippen LogP contribution in [0, 0.1) is 0 Å². The molecular formula is C7H14N2O3. The molecule has 1 rings (SSSR count). The fourth-order valence-electron chi connectivity index (χ4n) is 0.998. The minimum absolute atomic E-state index is 0.338. The summed E-state index contributed by atoms with van der Waals surface area (Å²) in [7, 11) is 3.24. The van der Waals surface area contributed by atoms with Gasteiger partial charge in [-0.3, -0.25) is 5.32 Å². The number of carbonyl (C=O) groups is 1. The van der Waals surface area contributed by atoms with Crippen LogP contribution < -0.4 is 5.32 Å². The molecular weight excluding hydrogens is 160 g/mol. The number of rotatable bonds is 1. The molecule has 2 atom stereocenters. The first-order chi connectivity index (χ1) is 5.59. The van der Waals surface area contributed by atoms with Crippen LogP contribution in [0.15, 0.2) is 0 Å². The van der Waals surface area contributed by atoms with Gasteiger partial charge in [0.1, 0.15) is 0 Å². The lowest BCUT2D eigenvalue weighted by Crippen LogP contribution is -2.33. The lowest BCUT2D eigenvalue weighted by Gasteiger charge is -2.15. The Morgan fingerprint density at radius 2 is 2.33 bits per heavy atom. The quantitative estimate of drug-likeness (QED) is 0.555. The lowest BCUT2D eigenvalue weighted by atomic mass is 10.3. The highest BCUT2D eigenvalue weighted by atomic mass is 16.6. The first-order valence-electron chi connectivity index (χ1n) is 3.89. The summed E-state index contributed by atoms with van der Waals surface area (Å²) in [6.45, 7) is 0.491. The fraction of sp³-hybridized carbons (Fsp3) is 0.857. The van der Waals surface area contributed by atoms with Crippen LogP contribution in [0.3, 0.4) is 0 Å². The Hall–Kier alpha value is -0.810. The molecule has 0 radical (unpaired) electrons. The van der Waals surface area contributed by atoms with Crippen molar-refractivity contribution in [2.75, 3.05) is 20.6 Å². The van der Waals surface area contributed by atoms with Crippen molar-refractivity contribution < 1.29 is 14.6 Å². The van der Waals surface area contributed by atoms with Gasteiger partial charge in [-0.05, 0) is 0 Å². The minimum atomic E-state index is -0.398. The van der Waals surface area contributed by atoms with Crippen LogP contribution in [0.4, 0.5) is 4.79 Å². The second-order valence-corrected chi connectivity index (χ2v) is 3.06. The number of hydrogen-bond acceptors (Lipinski definition) is 4. The van der Waals surface area contributed by atoms with Crippen molar-refractivity contribution in [1.82, 2.24) is 10.2 Å². The van der Waals surface area contributed by atoms with Gasteiger partial charge in [-0.25, -0.2) is 4.79 Å². The maximum absolute atomic E-state index is 11.0. The Bertz CT molecular complexity index is 172. The number of amides is 1. The van der Waals surface area contributed by atoms with E-state index in [0.29, 0.717) is 13.0 Å². The summed E-state index contributed by atoms with van der Waals surface area (Å²) >= 11 is 0. The van der Waals surface area contributed by atoms with Crippen LogP contribution in [0.25, 0.3) is 0 Å². The standard InChI is InChI=1S/C7H14N2O3/c1-9(2)7(11)12-6-3-5(10)4-8-6/h5-6,8,10H,3-4H2,1-2H3/t5-,6+/m1/s1. The zero-order chi connectivity index (χ0) is 9.14. The first-order valence-corrected chi connectivity index (χ1v) is 3.89. The van der Waals surface area contributed by atoms with Crippen LogP contribution in [0.5, 0.6) is 0 Å². The van der Waals surface area contributed by atoms with Gasteiger partial charge in [-0.1, -0.05) is 0 Å². The van der Waals surface area contributed by atoms with Gasteiger partial charge in [-0.15, -0.1) is 0 Å². The van der Waals surface area contributed by atoms with Gasteiger partial charge < -0.3 is 14.7 Å². The van der Waals surface area contributed by atoms with Gasteiger partial charge in [0.2, 0.25) is 0 Å². The van der Waals surface area contributed by atoms with E-state index >= 15 is 0 Å². The molecule has 0 aromatic carbocycles. The highest BCUT2D eigenvalue weighted by Gasteiger charge is 2.25. The Labute approximate surface area is 71.3 Å². The second-order valence-electron chi connectivity index (χ2n) is 3.06. The molecule has 1 aliphatic heterocycles. The average Bonchev–Trinajstić information content (AvgIpc) is 2.35. The normalized spacial score (nSPS) is 28.6. The number of β-amino-alcohol motifs (C(OH)–C–C–N with tert-alkyl or cyclic N) is 1. The highest BCUT2D eigenvalue weighted by Crippen LogP contribution is 2.08. The Morgan fingerprint density at radius 3 is 2.75 bits per heavy atom. The molecule has 0 unspecified atom stereocenters. The van der Waals surface area contributed by atoms with Crippen LogP contribution in [-0.2, 0) is 4.74 Å². The first kappa shape index (κ1) is 9.28. The third-order valence-corrected chi connectivity index (χ3v) is 1.68. The van der Waals surface area contributed by atoms with Gasteiger partial charge in [0.05, 0.1) is 6.10 Å². The van der Waals surface area contributed by atoms with E-state index in [2.05, 4.69) is 5.32 Å². The van der Waals surface area contributed by atoms with E-state index in [1.54, 1.807) is 14.1 Å². The molecule has 5 nitrogen and oxygen atoms in total. The van der Waals surface area contributed by atoms with E-state index in [1.165, 1.54) is 4.90 Å². The van der Waals surface area contributed by atoms with Gasteiger partial charge >= 0.3 is 6.09 Å². The van der Waals surface area contributed by atoms with Crippen LogP contribution in [0.2, 0.25) is 0 Å². The average molecular weight is 174 g/mol. The second kappa shape index (κ2) is 3.73. The molecule has 1 heterocycles. The number of ether oxygens (including phenoxy) is 1. The maximum Gasteiger partial charge on any atom is 0.410 e. The molecule has 1 aliphatic rings. The number of carbonyl (C=O) groups excluding carboxylic acids is 1. The maximum atomic E-state index is 11.0. The Balaban J connectivity index is 2.28. The Morgan fingerprint density at radius 1 is 1.67 bits per heavy atom. The summed E-state index contributed by atoms with van der Waals surface area (Å²) in [6.07, 6.45) is -0.652. The monoisotopic (exact) mass is 174 g/mol. The van der Waals surface area contributed by atoms with Crippen molar-refractivity contribution in [3.63, 3.8) is 0 Å². The molecule has 12 heavy (non-hydrogen) atoms. The number of nitrogens with zero attached hydrogens (tertiary/aromatic N) is 1. The predicted octanol–water partition coefficient (Wildman–Crippen LogP) is -0.635. The lowest BCUT2D eigenvalue weighted by molar-refractivity contribution is 0.0608. The zero-order valence-corrected chi connectivity index (χ0v) is 7.28. The number of aliphatic hydroxyl groups is 1. The topological polar surface area (TPSA) is 61.8 Å². The number of hydrogen-bond donors (Lipinski definition) is 2. The summed E-state index contributed by atoms with van der Waals surface area (Å²) in [5.74, 6) is 0. The van der Waals surface area contributed by atoms with E-state index < -0.39 is 6.10 Å². The largest absolute Gasteiger partial charge is 0.430 e. The van der Waals surface area contributed by atoms with E-state index in [4.69, 9.17) is 9.84 Å². The van der Waals surface area contributed by atoms with Crippen molar-refractivity contribution in [1.29, 1.82) is 0 Å². The summed E-state index contributed by atoms with van der Waals surface area (Å²) < 4.78 is 4.96. The molecule has 0 aromatic heterocycles. The van der Waals surface area contributed by atoms with Gasteiger partial charge in [-0.2, -0.15) is 0 Å². The van der Waals surface area contributed by atoms with E-state index in [9.17, 15) is 4.79 Å². The van der Waals surface area contributed by atoms with Crippen LogP contribution in [0.1, 0.15) is 6.42 Å². The molecule has 0 spiro atoms. The van der Waals surface area contributed by atoms with Crippen LogP contribution in [-0.4, -0.2) is 49.1 Å². The van der Waals surface area contributed by atoms with Crippen molar-refractivity contribution >= 4 is 6.09 Å². The van der Waals surface area contributed by atoms with Gasteiger partial charge in [0, 0.05) is 27.1 Å². The minimum Gasteiger partial charge on any atom is -0.430 e. The molecule has 1 fully saturated rings. The summed E-state index contributed by atoms with van der Waals surface area (Å²) in [5, 5.41) is 12.0. The van der Waals surface area contributed by atoms with E-state index in [-0.39, 0.29) is 12.3 Å². The molecule has 1 saturated heterocycles. The molecule has 0 aromatic rings. The summed E-state index contributed by atoms with van der Waals surface area (Å²) in [4.78, 5) is 12.3. The third-order valence-electron chi connectivity index (χ3n) is 1.68. The zero-order valence-electron chi connectivity index (χ0n) is 7.28. The summed E-state index contributed by atoms with van der Waals surface area (Å²) in [6, 6.07) is 0. The molecule has 2 N–H and O–H groups in total. The third kappa shape index (κ3) is 2.35. The van der Waals surface area contributed by atoms with Crippen molar-refractivity contribution in [3.8, 4) is 0 Å². The molecule has 70 valence electrons. The SMILES string of the molecule is CN(C)C(=O)O[C@H]1C[C@@H](O)CN1. The van der Waals surface area contributed by atoms with Crippen molar-refractivity contribution in [2.24, 2.45) is 0 Å². The van der Waals surface area contributed by atoms with Gasteiger partial charge in [0.25, 0.3) is 0 Å².